The van der Waals surface area contributed by atoms with E-state index in [1.165, 1.54) is 109 Å². The lowest BCUT2D eigenvalue weighted by Crippen LogP contribution is -2.40. The van der Waals surface area contributed by atoms with Crippen LogP contribution < -0.4 is 5.32 Å². The highest BCUT2D eigenvalue weighted by molar-refractivity contribution is 5.77. The van der Waals surface area contributed by atoms with Crippen molar-refractivity contribution in [2.45, 2.75) is 253 Å². The van der Waals surface area contributed by atoms with E-state index >= 15 is 0 Å². The molecule has 0 aliphatic heterocycles. The Morgan fingerprint density at radius 2 is 0.870 bits per heavy atom. The molecule has 1 N–H and O–H groups in total. The quantitative estimate of drug-likeness (QED) is 0.0378. The topological polar surface area (TPSA) is 84.9 Å². The molecule has 0 rings (SSSR count). The summed E-state index contributed by atoms with van der Waals surface area (Å²) >= 11 is 0. The van der Waals surface area contributed by atoms with Crippen LogP contribution in [-0.2, 0) is 23.9 Å². The van der Waals surface area contributed by atoms with Crippen LogP contribution in [0.2, 0.25) is 0 Å². The highest BCUT2D eigenvalue weighted by Gasteiger charge is 2.15. The molecule has 320 valence electrons. The molecular formula is C47H92N2O5. The molecule has 0 aromatic heterocycles. The largest absolute Gasteiger partial charge is 0.466 e. The SMILES string of the molecule is CCCCCCCCCOC(=O)CCCCCCCN(CCCCCCCC(=O)OC(CCCCCCCC)CCCCCCCC)CNC(=O)C(C)C. The second-order valence-electron chi connectivity index (χ2n) is 16.6. The fourth-order valence-electron chi connectivity index (χ4n) is 7.06. The minimum atomic E-state index is -0.0424. The first-order valence-electron chi connectivity index (χ1n) is 23.7. The van der Waals surface area contributed by atoms with Crippen molar-refractivity contribution in [2.24, 2.45) is 5.92 Å². The summed E-state index contributed by atoms with van der Waals surface area (Å²) < 4.78 is 11.5. The normalized spacial score (nSPS) is 11.6. The van der Waals surface area contributed by atoms with E-state index in [4.69, 9.17) is 9.47 Å². The van der Waals surface area contributed by atoms with E-state index in [9.17, 15) is 14.4 Å². The van der Waals surface area contributed by atoms with Crippen molar-refractivity contribution in [3.05, 3.63) is 0 Å². The second-order valence-corrected chi connectivity index (χ2v) is 16.6. The fraction of sp³-hybridized carbons (Fsp3) is 0.936. The number of rotatable bonds is 42. The van der Waals surface area contributed by atoms with E-state index in [0.29, 0.717) is 26.1 Å². The molecule has 0 heterocycles. The van der Waals surface area contributed by atoms with E-state index in [1.807, 2.05) is 13.8 Å². The van der Waals surface area contributed by atoms with Gasteiger partial charge in [0.25, 0.3) is 0 Å². The predicted molar refractivity (Wildman–Crippen MR) is 230 cm³/mol. The van der Waals surface area contributed by atoms with Crippen LogP contribution >= 0.6 is 0 Å². The Kier molecular flexibility index (Phi) is 39.8. The first-order chi connectivity index (χ1) is 26.3. The van der Waals surface area contributed by atoms with Crippen LogP contribution in [0.1, 0.15) is 247 Å². The molecule has 1 amide bonds. The summed E-state index contributed by atoms with van der Waals surface area (Å²) in [6, 6.07) is 0. The van der Waals surface area contributed by atoms with Crippen molar-refractivity contribution in [3.8, 4) is 0 Å². The van der Waals surface area contributed by atoms with Crippen LogP contribution in [-0.4, -0.2) is 55.2 Å². The summed E-state index contributed by atoms with van der Waals surface area (Å²) in [7, 11) is 0. The average molecular weight is 765 g/mol. The minimum absolute atomic E-state index is 0.00257. The lowest BCUT2D eigenvalue weighted by molar-refractivity contribution is -0.150. The highest BCUT2D eigenvalue weighted by Crippen LogP contribution is 2.18. The van der Waals surface area contributed by atoms with Crippen molar-refractivity contribution in [1.82, 2.24) is 10.2 Å². The number of carbonyl (C=O) groups excluding carboxylic acids is 3. The van der Waals surface area contributed by atoms with Crippen molar-refractivity contribution >= 4 is 17.8 Å². The Labute approximate surface area is 336 Å². The Morgan fingerprint density at radius 1 is 0.481 bits per heavy atom. The van der Waals surface area contributed by atoms with Crippen molar-refractivity contribution in [3.63, 3.8) is 0 Å². The third-order valence-corrected chi connectivity index (χ3v) is 10.8. The van der Waals surface area contributed by atoms with Gasteiger partial charge in [-0.05, 0) is 70.9 Å². The Bertz CT molecular complexity index is 819. The van der Waals surface area contributed by atoms with Gasteiger partial charge in [0, 0.05) is 18.8 Å². The van der Waals surface area contributed by atoms with Gasteiger partial charge in [-0.25, -0.2) is 0 Å². The van der Waals surface area contributed by atoms with Crippen LogP contribution in [0.4, 0.5) is 0 Å². The summed E-state index contributed by atoms with van der Waals surface area (Å²) in [5, 5.41) is 3.11. The van der Waals surface area contributed by atoms with Crippen molar-refractivity contribution < 1.29 is 23.9 Å². The Hall–Kier alpha value is -1.63. The van der Waals surface area contributed by atoms with Gasteiger partial charge in [-0.15, -0.1) is 0 Å². The van der Waals surface area contributed by atoms with Crippen LogP contribution in [0.25, 0.3) is 0 Å². The lowest BCUT2D eigenvalue weighted by Gasteiger charge is -2.23. The maximum absolute atomic E-state index is 12.8. The molecule has 0 spiro atoms. The summed E-state index contributed by atoms with van der Waals surface area (Å²) in [6.07, 6.45) is 37.8. The Balaban J connectivity index is 4.26. The second kappa shape index (κ2) is 41.0. The van der Waals surface area contributed by atoms with Crippen molar-refractivity contribution in [1.29, 1.82) is 0 Å². The van der Waals surface area contributed by atoms with Crippen LogP contribution in [0.5, 0.6) is 0 Å². The molecule has 0 aliphatic carbocycles. The van der Waals surface area contributed by atoms with E-state index in [1.54, 1.807) is 0 Å². The third kappa shape index (κ3) is 37.3. The van der Waals surface area contributed by atoms with Crippen LogP contribution in [0.15, 0.2) is 0 Å². The van der Waals surface area contributed by atoms with Crippen molar-refractivity contribution in [2.75, 3.05) is 26.4 Å². The van der Waals surface area contributed by atoms with E-state index in [-0.39, 0.29) is 29.9 Å². The molecule has 7 nitrogen and oxygen atoms in total. The molecule has 0 aromatic carbocycles. The number of nitrogens with one attached hydrogen (secondary N) is 1. The van der Waals surface area contributed by atoms with Gasteiger partial charge in [0.1, 0.15) is 6.10 Å². The minimum Gasteiger partial charge on any atom is -0.466 e. The number of esters is 2. The van der Waals surface area contributed by atoms with Gasteiger partial charge in [-0.2, -0.15) is 0 Å². The number of hydrogen-bond acceptors (Lipinski definition) is 6. The molecule has 0 unspecified atom stereocenters. The molecule has 0 fully saturated rings. The average Bonchev–Trinajstić information content (AvgIpc) is 3.15. The highest BCUT2D eigenvalue weighted by atomic mass is 16.5. The van der Waals surface area contributed by atoms with Crippen LogP contribution in [0, 0.1) is 5.92 Å². The zero-order valence-electron chi connectivity index (χ0n) is 36.8. The molecule has 0 saturated carbocycles. The zero-order valence-corrected chi connectivity index (χ0v) is 36.8. The monoisotopic (exact) mass is 765 g/mol. The molecule has 0 aromatic rings. The summed E-state index contributed by atoms with van der Waals surface area (Å²) in [5.74, 6) is 0.0519. The van der Waals surface area contributed by atoms with Gasteiger partial charge < -0.3 is 14.8 Å². The lowest BCUT2D eigenvalue weighted by atomic mass is 10.0. The third-order valence-electron chi connectivity index (χ3n) is 10.8. The summed E-state index contributed by atoms with van der Waals surface area (Å²) in [4.78, 5) is 39.5. The standard InChI is InChI=1S/C47H92N2O5/c1-6-9-12-15-18-27-34-41-53-45(50)37-30-23-19-25-32-39-49(42-48-47(52)43(4)5)40-33-26-20-24-31-38-46(51)54-44(35-28-21-16-13-10-7-2)36-29-22-17-14-11-8-3/h43-44H,6-42H2,1-5H3,(H,48,52). The number of nitrogens with zero attached hydrogens (tertiary/aromatic N) is 1. The molecule has 54 heavy (non-hydrogen) atoms. The number of hydrogen-bond donors (Lipinski definition) is 1. The van der Waals surface area contributed by atoms with E-state index in [0.717, 1.165) is 103 Å². The van der Waals surface area contributed by atoms with Gasteiger partial charge in [-0.3, -0.25) is 19.3 Å². The van der Waals surface area contributed by atoms with Gasteiger partial charge in [-0.1, -0.05) is 176 Å². The molecule has 0 saturated heterocycles. The zero-order chi connectivity index (χ0) is 39.7. The number of unbranched alkanes of at least 4 members (excludes halogenated alkanes) is 24. The molecule has 0 atom stereocenters. The maximum Gasteiger partial charge on any atom is 0.306 e. The number of ether oxygens (including phenoxy) is 2. The number of carbonyl (C=O) groups is 3. The van der Waals surface area contributed by atoms with Gasteiger partial charge >= 0.3 is 11.9 Å². The maximum atomic E-state index is 12.8. The molecule has 0 aliphatic rings. The number of amides is 1. The van der Waals surface area contributed by atoms with Crippen LogP contribution in [0.3, 0.4) is 0 Å². The first kappa shape index (κ1) is 52.4. The van der Waals surface area contributed by atoms with Gasteiger partial charge in [0.2, 0.25) is 5.91 Å². The van der Waals surface area contributed by atoms with Gasteiger partial charge in [0.05, 0.1) is 13.3 Å². The Morgan fingerprint density at radius 3 is 1.33 bits per heavy atom. The predicted octanol–water partition coefficient (Wildman–Crippen LogP) is 13.4. The first-order valence-corrected chi connectivity index (χ1v) is 23.7. The molecule has 7 heteroatoms. The summed E-state index contributed by atoms with van der Waals surface area (Å²) in [6.45, 7) is 13.8. The van der Waals surface area contributed by atoms with Gasteiger partial charge in [0.15, 0.2) is 0 Å². The van der Waals surface area contributed by atoms with E-state index < -0.39 is 0 Å². The molecular weight excluding hydrogens is 673 g/mol. The fourth-order valence-corrected chi connectivity index (χ4v) is 7.06. The van der Waals surface area contributed by atoms with E-state index in [2.05, 4.69) is 31.0 Å². The summed E-state index contributed by atoms with van der Waals surface area (Å²) in [5.41, 5.74) is 0. The molecule has 0 radical (unpaired) electrons. The smallest absolute Gasteiger partial charge is 0.306 e. The molecule has 0 bridgehead atoms.